The molecule has 1 aromatic carbocycles. The highest BCUT2D eigenvalue weighted by Gasteiger charge is 2.54. The number of hydrogen-bond acceptors (Lipinski definition) is 3. The van der Waals surface area contributed by atoms with Crippen LogP contribution in [0.25, 0.3) is 0 Å². The molecule has 1 aromatic rings. The number of carbonyl (C=O) groups is 1. The Morgan fingerprint density at radius 2 is 2.18 bits per heavy atom. The van der Waals surface area contributed by atoms with Gasteiger partial charge in [-0.1, -0.05) is 11.6 Å². The number of aliphatic carboxylic acids is 1. The van der Waals surface area contributed by atoms with Crippen molar-refractivity contribution < 1.29 is 19.4 Å². The molecule has 3 rings (SSSR count). The zero-order chi connectivity index (χ0) is 12.2. The standard InChI is InChI=1S/C12H11ClO4/c1-6-4-7-10(17-5-16-7)9(13)8(6)12(2-3-12)11(14)15/h4H,2-3,5H2,1H3,(H,14,15). The number of fused-ring (bicyclic) bond motifs is 1. The molecule has 1 N–H and O–H groups in total. The number of benzene rings is 1. The molecule has 1 saturated carbocycles. The Hall–Kier alpha value is -1.42. The van der Waals surface area contributed by atoms with E-state index in [2.05, 4.69) is 0 Å². The Morgan fingerprint density at radius 3 is 2.76 bits per heavy atom. The summed E-state index contributed by atoms with van der Waals surface area (Å²) in [6.07, 6.45) is 1.26. The Morgan fingerprint density at radius 1 is 1.47 bits per heavy atom. The van der Waals surface area contributed by atoms with Crippen LogP contribution in [0.3, 0.4) is 0 Å². The third-order valence-corrected chi connectivity index (χ3v) is 3.80. The fourth-order valence-electron chi connectivity index (χ4n) is 2.41. The first-order valence-electron chi connectivity index (χ1n) is 5.39. The average Bonchev–Trinajstić information content (AvgIpc) is 2.91. The van der Waals surface area contributed by atoms with Crippen molar-refractivity contribution in [2.75, 3.05) is 6.79 Å². The second-order valence-corrected chi connectivity index (χ2v) is 4.88. The topological polar surface area (TPSA) is 55.8 Å². The molecule has 0 amide bonds. The van der Waals surface area contributed by atoms with Crippen molar-refractivity contribution in [3.05, 3.63) is 22.2 Å². The Balaban J connectivity index is 2.21. The Kier molecular flexibility index (Phi) is 2.08. The summed E-state index contributed by atoms with van der Waals surface area (Å²) >= 11 is 6.26. The molecule has 4 nitrogen and oxygen atoms in total. The summed E-state index contributed by atoms with van der Waals surface area (Å²) in [4.78, 5) is 11.4. The van der Waals surface area contributed by atoms with Gasteiger partial charge in [-0.05, 0) is 37.0 Å². The lowest BCUT2D eigenvalue weighted by atomic mass is 9.91. The molecular weight excluding hydrogens is 244 g/mol. The van der Waals surface area contributed by atoms with Crippen LogP contribution in [-0.4, -0.2) is 17.9 Å². The lowest BCUT2D eigenvalue weighted by molar-refractivity contribution is -0.140. The molecule has 0 radical (unpaired) electrons. The first kappa shape index (κ1) is 10.7. The maximum absolute atomic E-state index is 11.4. The number of hydrogen-bond donors (Lipinski definition) is 1. The minimum atomic E-state index is -0.818. The van der Waals surface area contributed by atoms with Gasteiger partial charge in [-0.25, -0.2) is 0 Å². The van der Waals surface area contributed by atoms with Crippen molar-refractivity contribution in [1.29, 1.82) is 0 Å². The molecule has 1 fully saturated rings. The molecule has 0 spiro atoms. The SMILES string of the molecule is Cc1cc2c(c(Cl)c1C1(C(=O)O)CC1)OCO2. The maximum Gasteiger partial charge on any atom is 0.314 e. The Labute approximate surface area is 103 Å². The molecule has 0 saturated heterocycles. The van der Waals surface area contributed by atoms with Gasteiger partial charge in [0, 0.05) is 0 Å². The van der Waals surface area contributed by atoms with Gasteiger partial charge in [0.1, 0.15) is 0 Å². The van der Waals surface area contributed by atoms with Crippen molar-refractivity contribution in [2.24, 2.45) is 0 Å². The normalized spacial score (nSPS) is 19.2. The lowest BCUT2D eigenvalue weighted by Gasteiger charge is -2.16. The van der Waals surface area contributed by atoms with Gasteiger partial charge >= 0.3 is 5.97 Å². The van der Waals surface area contributed by atoms with Crippen LogP contribution >= 0.6 is 11.6 Å². The van der Waals surface area contributed by atoms with Crippen LogP contribution in [0.5, 0.6) is 11.5 Å². The molecule has 1 aliphatic heterocycles. The highest BCUT2D eigenvalue weighted by atomic mass is 35.5. The summed E-state index contributed by atoms with van der Waals surface area (Å²) in [6, 6.07) is 1.80. The van der Waals surface area contributed by atoms with E-state index in [1.54, 1.807) is 6.07 Å². The molecule has 2 aliphatic rings. The summed E-state index contributed by atoms with van der Waals surface area (Å²) in [5, 5.41) is 9.71. The van der Waals surface area contributed by atoms with Crippen molar-refractivity contribution in [3.8, 4) is 11.5 Å². The fourth-order valence-corrected chi connectivity index (χ4v) is 2.88. The number of ether oxygens (including phenoxy) is 2. The molecular formula is C12H11ClO4. The van der Waals surface area contributed by atoms with E-state index in [9.17, 15) is 9.90 Å². The van der Waals surface area contributed by atoms with Crippen LogP contribution in [0.1, 0.15) is 24.0 Å². The minimum absolute atomic E-state index is 0.137. The highest BCUT2D eigenvalue weighted by molar-refractivity contribution is 6.33. The van der Waals surface area contributed by atoms with Crippen molar-refractivity contribution >= 4 is 17.6 Å². The summed E-state index contributed by atoms with van der Waals surface area (Å²) in [5.74, 6) is 0.249. The van der Waals surface area contributed by atoms with Crippen LogP contribution < -0.4 is 9.47 Å². The van der Waals surface area contributed by atoms with E-state index in [1.807, 2.05) is 6.92 Å². The van der Waals surface area contributed by atoms with E-state index < -0.39 is 11.4 Å². The van der Waals surface area contributed by atoms with Crippen molar-refractivity contribution in [2.45, 2.75) is 25.2 Å². The summed E-state index contributed by atoms with van der Waals surface area (Å²) in [6.45, 7) is 1.99. The number of halogens is 1. The smallest absolute Gasteiger partial charge is 0.314 e. The summed E-state index contributed by atoms with van der Waals surface area (Å²) < 4.78 is 10.5. The predicted molar refractivity (Wildman–Crippen MR) is 60.9 cm³/mol. The summed E-state index contributed by atoms with van der Waals surface area (Å²) in [7, 11) is 0. The predicted octanol–water partition coefficient (Wildman–Crippen LogP) is 2.49. The largest absolute Gasteiger partial charge is 0.481 e. The Bertz CT molecular complexity index is 520. The molecule has 17 heavy (non-hydrogen) atoms. The van der Waals surface area contributed by atoms with Crippen molar-refractivity contribution in [3.63, 3.8) is 0 Å². The van der Waals surface area contributed by atoms with E-state index >= 15 is 0 Å². The number of aryl methyl sites for hydroxylation is 1. The number of carboxylic acid groups (broad SMARTS) is 1. The van der Waals surface area contributed by atoms with E-state index in [0.717, 1.165) is 5.56 Å². The fraction of sp³-hybridized carbons (Fsp3) is 0.417. The van der Waals surface area contributed by atoms with Crippen LogP contribution in [0, 0.1) is 6.92 Å². The van der Waals surface area contributed by atoms with E-state index in [4.69, 9.17) is 21.1 Å². The van der Waals surface area contributed by atoms with Gasteiger partial charge in [0.15, 0.2) is 11.5 Å². The van der Waals surface area contributed by atoms with E-state index in [0.29, 0.717) is 34.9 Å². The van der Waals surface area contributed by atoms with E-state index in [1.165, 1.54) is 0 Å². The molecule has 0 atom stereocenters. The molecule has 1 aliphatic carbocycles. The molecule has 1 heterocycles. The average molecular weight is 255 g/mol. The van der Waals surface area contributed by atoms with Gasteiger partial charge in [0.05, 0.1) is 10.4 Å². The van der Waals surface area contributed by atoms with E-state index in [-0.39, 0.29) is 6.79 Å². The lowest BCUT2D eigenvalue weighted by Crippen LogP contribution is -2.21. The zero-order valence-electron chi connectivity index (χ0n) is 9.25. The molecule has 5 heteroatoms. The third kappa shape index (κ3) is 1.33. The second kappa shape index (κ2) is 3.29. The van der Waals surface area contributed by atoms with Crippen LogP contribution in [0.2, 0.25) is 5.02 Å². The van der Waals surface area contributed by atoms with Gasteiger partial charge in [-0.3, -0.25) is 4.79 Å². The van der Waals surface area contributed by atoms with Gasteiger partial charge in [0.2, 0.25) is 6.79 Å². The monoisotopic (exact) mass is 254 g/mol. The number of carboxylic acids is 1. The zero-order valence-corrected chi connectivity index (χ0v) is 10.0. The first-order chi connectivity index (χ1) is 8.06. The maximum atomic E-state index is 11.4. The first-order valence-corrected chi connectivity index (χ1v) is 5.76. The molecule has 0 aromatic heterocycles. The quantitative estimate of drug-likeness (QED) is 0.881. The second-order valence-electron chi connectivity index (χ2n) is 4.50. The van der Waals surface area contributed by atoms with Gasteiger partial charge in [-0.2, -0.15) is 0 Å². The number of rotatable bonds is 2. The van der Waals surface area contributed by atoms with Crippen molar-refractivity contribution in [1.82, 2.24) is 0 Å². The van der Waals surface area contributed by atoms with Crippen LogP contribution in [-0.2, 0) is 10.2 Å². The van der Waals surface area contributed by atoms with Gasteiger partial charge in [-0.15, -0.1) is 0 Å². The third-order valence-electron chi connectivity index (χ3n) is 3.44. The minimum Gasteiger partial charge on any atom is -0.481 e. The molecule has 90 valence electrons. The van der Waals surface area contributed by atoms with Crippen LogP contribution in [0.4, 0.5) is 0 Å². The summed E-state index contributed by atoms with van der Waals surface area (Å²) in [5.41, 5.74) is 0.706. The van der Waals surface area contributed by atoms with Gasteiger partial charge < -0.3 is 14.6 Å². The van der Waals surface area contributed by atoms with Crippen LogP contribution in [0.15, 0.2) is 6.07 Å². The molecule has 0 bridgehead atoms. The molecule has 0 unspecified atom stereocenters. The highest BCUT2D eigenvalue weighted by Crippen LogP contribution is 2.55. The van der Waals surface area contributed by atoms with Gasteiger partial charge in [0.25, 0.3) is 0 Å².